The van der Waals surface area contributed by atoms with Crippen LogP contribution in [-0.2, 0) is 7.05 Å². The molecule has 8 heteroatoms. The van der Waals surface area contributed by atoms with E-state index in [1.165, 1.54) is 0 Å². The van der Waals surface area contributed by atoms with E-state index in [1.807, 2.05) is 43.6 Å². The number of hydrogen-bond donors (Lipinski definition) is 1. The molecule has 0 radical (unpaired) electrons. The summed E-state index contributed by atoms with van der Waals surface area (Å²) < 4.78 is 9.31. The van der Waals surface area contributed by atoms with Crippen molar-refractivity contribution in [2.24, 2.45) is 7.05 Å². The van der Waals surface area contributed by atoms with Crippen molar-refractivity contribution in [2.75, 3.05) is 0 Å². The minimum absolute atomic E-state index is 0.223. The highest BCUT2D eigenvalue weighted by Crippen LogP contribution is 2.26. The van der Waals surface area contributed by atoms with Crippen molar-refractivity contribution < 1.29 is 4.74 Å². The molecule has 0 aliphatic heterocycles. The fraction of sp³-hybridized carbons (Fsp3) is 0.217. The first-order valence-corrected chi connectivity index (χ1v) is 10.2. The lowest BCUT2D eigenvalue weighted by Gasteiger charge is -2.09. The third-order valence-electron chi connectivity index (χ3n) is 5.62. The summed E-state index contributed by atoms with van der Waals surface area (Å²) in [6.07, 6.45) is 4.58. The third kappa shape index (κ3) is 3.26. The van der Waals surface area contributed by atoms with E-state index >= 15 is 0 Å². The molecule has 0 saturated heterocycles. The minimum atomic E-state index is -0.223. The van der Waals surface area contributed by atoms with Gasteiger partial charge in [0.25, 0.3) is 0 Å². The second kappa shape index (κ2) is 7.39. The second-order valence-corrected chi connectivity index (χ2v) is 7.61. The van der Waals surface area contributed by atoms with Gasteiger partial charge in [0.15, 0.2) is 11.3 Å². The highest BCUT2D eigenvalue weighted by Gasteiger charge is 2.14. The molecule has 0 saturated carbocycles. The predicted molar refractivity (Wildman–Crippen MR) is 119 cm³/mol. The van der Waals surface area contributed by atoms with Crippen LogP contribution < -0.4 is 10.4 Å². The summed E-state index contributed by atoms with van der Waals surface area (Å²) in [4.78, 5) is 28.9. The molecule has 4 heterocycles. The monoisotopic (exact) mass is 414 g/mol. The first-order valence-electron chi connectivity index (χ1n) is 10.2. The minimum Gasteiger partial charge on any atom is -0.425 e. The van der Waals surface area contributed by atoms with Crippen LogP contribution in [0.3, 0.4) is 0 Å². The van der Waals surface area contributed by atoms with Crippen molar-refractivity contribution in [1.29, 1.82) is 0 Å². The molecule has 0 bridgehead atoms. The van der Waals surface area contributed by atoms with E-state index in [0.717, 1.165) is 28.7 Å². The van der Waals surface area contributed by atoms with Gasteiger partial charge in [0.1, 0.15) is 11.3 Å². The summed E-state index contributed by atoms with van der Waals surface area (Å²) in [6, 6.07) is 13.5. The highest BCUT2D eigenvalue weighted by atomic mass is 16.5. The molecule has 1 atom stereocenters. The molecule has 4 aromatic heterocycles. The number of fused-ring (bicyclic) bond motifs is 2. The van der Waals surface area contributed by atoms with E-state index in [0.29, 0.717) is 29.0 Å². The van der Waals surface area contributed by atoms with Crippen molar-refractivity contribution >= 4 is 22.3 Å². The maximum Gasteiger partial charge on any atom is 0.332 e. The number of hydrogen-bond acceptors (Lipinski definition) is 5. The normalized spacial score (nSPS) is 12.5. The van der Waals surface area contributed by atoms with E-state index in [-0.39, 0.29) is 5.69 Å². The number of imidazole rings is 2. The average molecular weight is 414 g/mol. The lowest BCUT2D eigenvalue weighted by atomic mass is 10.0. The molecule has 1 aromatic carbocycles. The summed E-state index contributed by atoms with van der Waals surface area (Å²) in [5, 5.41) is 0. The predicted octanol–water partition coefficient (Wildman–Crippen LogP) is 4.30. The Labute approximate surface area is 178 Å². The molecule has 1 unspecified atom stereocenters. The van der Waals surface area contributed by atoms with Gasteiger partial charge in [-0.3, -0.25) is 4.57 Å². The molecular weight excluding hydrogens is 392 g/mol. The second-order valence-electron chi connectivity index (χ2n) is 7.61. The molecule has 0 amide bonds. The van der Waals surface area contributed by atoms with E-state index < -0.39 is 0 Å². The number of nitrogens with one attached hydrogen (secondary N) is 1. The molecule has 0 spiro atoms. The van der Waals surface area contributed by atoms with E-state index in [9.17, 15) is 4.79 Å². The quantitative estimate of drug-likeness (QED) is 0.463. The van der Waals surface area contributed by atoms with Crippen LogP contribution in [0.1, 0.15) is 31.7 Å². The number of benzene rings is 1. The lowest BCUT2D eigenvalue weighted by molar-refractivity contribution is 0.427. The van der Waals surface area contributed by atoms with Gasteiger partial charge >= 0.3 is 11.7 Å². The van der Waals surface area contributed by atoms with Gasteiger partial charge in [0.05, 0.1) is 11.2 Å². The first kappa shape index (κ1) is 19.0. The molecular formula is C23H22N6O2. The lowest BCUT2D eigenvalue weighted by Crippen LogP contribution is -2.14. The van der Waals surface area contributed by atoms with Crippen LogP contribution >= 0.6 is 0 Å². The number of aromatic nitrogens is 6. The zero-order valence-electron chi connectivity index (χ0n) is 17.5. The molecule has 31 heavy (non-hydrogen) atoms. The number of rotatable bonds is 5. The maximum absolute atomic E-state index is 12.6. The largest absolute Gasteiger partial charge is 0.425 e. The van der Waals surface area contributed by atoms with E-state index in [1.54, 1.807) is 27.5 Å². The van der Waals surface area contributed by atoms with Gasteiger partial charge in [0.2, 0.25) is 0 Å². The first-order chi connectivity index (χ1) is 15.0. The molecule has 5 rings (SSSR count). The average Bonchev–Trinajstić information content (AvgIpc) is 3.29. The van der Waals surface area contributed by atoms with Crippen LogP contribution in [0.4, 0.5) is 0 Å². The van der Waals surface area contributed by atoms with Crippen LogP contribution in [0.15, 0.2) is 59.7 Å². The van der Waals surface area contributed by atoms with Crippen LogP contribution in [0.2, 0.25) is 0 Å². The number of nitrogens with zero attached hydrogens (tertiary/aromatic N) is 5. The fourth-order valence-electron chi connectivity index (χ4n) is 3.62. The van der Waals surface area contributed by atoms with Crippen molar-refractivity contribution in [1.82, 2.24) is 29.1 Å². The molecule has 0 fully saturated rings. The number of ether oxygens (including phenoxy) is 1. The molecule has 0 aliphatic carbocycles. The van der Waals surface area contributed by atoms with Crippen molar-refractivity contribution in [3.8, 4) is 17.4 Å². The Morgan fingerprint density at radius 3 is 2.68 bits per heavy atom. The Balaban J connectivity index is 1.47. The van der Waals surface area contributed by atoms with Crippen LogP contribution in [-0.4, -0.2) is 29.1 Å². The van der Waals surface area contributed by atoms with Crippen molar-refractivity contribution in [2.45, 2.75) is 26.2 Å². The highest BCUT2D eigenvalue weighted by molar-refractivity contribution is 5.74. The number of H-pyrrole nitrogens is 1. The molecule has 156 valence electrons. The summed E-state index contributed by atoms with van der Waals surface area (Å²) in [6.45, 7) is 4.29. The van der Waals surface area contributed by atoms with Crippen molar-refractivity contribution in [3.05, 3.63) is 70.9 Å². The van der Waals surface area contributed by atoms with Gasteiger partial charge in [-0.25, -0.2) is 19.3 Å². The topological polar surface area (TPSA) is 90.6 Å². The smallest absolute Gasteiger partial charge is 0.332 e. The van der Waals surface area contributed by atoms with Crippen LogP contribution in [0.25, 0.3) is 28.0 Å². The fourth-order valence-corrected chi connectivity index (χ4v) is 3.62. The summed E-state index contributed by atoms with van der Waals surface area (Å²) in [7, 11) is 1.86. The zero-order valence-corrected chi connectivity index (χ0v) is 17.5. The standard InChI is InChI=1S/C23H22N6O2/c1-4-14(2)15-12-19-21(25-13-15)29(22(30)26-19)16-7-9-17(10-8-16)31-23-27-18-6-5-11-24-20(18)28(23)3/h5-14H,4H2,1-3H3,(H,26,30). The molecule has 1 N–H and O–H groups in total. The van der Waals surface area contributed by atoms with Gasteiger partial charge in [-0.1, -0.05) is 13.8 Å². The van der Waals surface area contributed by atoms with E-state index in [4.69, 9.17) is 4.74 Å². The zero-order chi connectivity index (χ0) is 21.5. The third-order valence-corrected chi connectivity index (χ3v) is 5.62. The van der Waals surface area contributed by atoms with Gasteiger partial charge in [-0.05, 0) is 60.4 Å². The molecule has 0 aliphatic rings. The summed E-state index contributed by atoms with van der Waals surface area (Å²) in [5.74, 6) is 1.00. The number of aryl methyl sites for hydroxylation is 1. The Bertz CT molecular complexity index is 1450. The Morgan fingerprint density at radius 1 is 1.13 bits per heavy atom. The SMILES string of the molecule is CCC(C)c1cnc2c(c1)[nH]c(=O)n2-c1ccc(Oc2nc3cccnc3n2C)cc1. The van der Waals surface area contributed by atoms with Gasteiger partial charge in [0, 0.05) is 19.4 Å². The van der Waals surface area contributed by atoms with E-state index in [2.05, 4.69) is 33.8 Å². The summed E-state index contributed by atoms with van der Waals surface area (Å²) >= 11 is 0. The van der Waals surface area contributed by atoms with Gasteiger partial charge in [-0.15, -0.1) is 0 Å². The molecule has 5 aromatic rings. The maximum atomic E-state index is 12.6. The Hall–Kier alpha value is -3.94. The number of pyridine rings is 2. The van der Waals surface area contributed by atoms with Crippen LogP contribution in [0, 0.1) is 0 Å². The summed E-state index contributed by atoms with van der Waals surface area (Å²) in [5.41, 5.74) is 4.46. The van der Waals surface area contributed by atoms with Crippen LogP contribution in [0.5, 0.6) is 11.8 Å². The Kier molecular flexibility index (Phi) is 4.54. The Morgan fingerprint density at radius 2 is 1.94 bits per heavy atom. The van der Waals surface area contributed by atoms with Crippen molar-refractivity contribution in [3.63, 3.8) is 0 Å². The number of aromatic amines is 1. The molecule has 8 nitrogen and oxygen atoms in total. The van der Waals surface area contributed by atoms with Gasteiger partial charge in [-0.2, -0.15) is 4.98 Å². The van der Waals surface area contributed by atoms with Gasteiger partial charge < -0.3 is 9.72 Å².